The minimum absolute atomic E-state index is 0.0280. The normalized spacial score (nSPS) is 29.8. The molecule has 0 aromatic carbocycles. The molecule has 17 heavy (non-hydrogen) atoms. The molecule has 2 heterocycles. The van der Waals surface area contributed by atoms with Crippen molar-refractivity contribution in [1.82, 2.24) is 10.2 Å². The second-order valence-electron chi connectivity index (χ2n) is 5.14. The van der Waals surface area contributed by atoms with Gasteiger partial charge in [0.05, 0.1) is 0 Å². The van der Waals surface area contributed by atoms with Crippen LogP contribution in [0, 0.1) is 0 Å². The fourth-order valence-electron chi connectivity index (χ4n) is 2.55. The van der Waals surface area contributed by atoms with Crippen LogP contribution in [-0.4, -0.2) is 48.1 Å². The summed E-state index contributed by atoms with van der Waals surface area (Å²) in [5.41, 5.74) is -0.157. The maximum atomic E-state index is 12.3. The number of amides is 2. The Labute approximate surface area is 101 Å². The van der Waals surface area contributed by atoms with E-state index < -0.39 is 6.04 Å². The van der Waals surface area contributed by atoms with Gasteiger partial charge in [-0.2, -0.15) is 0 Å². The van der Waals surface area contributed by atoms with Crippen LogP contribution in [0.5, 0.6) is 0 Å². The zero-order chi connectivity index (χ0) is 12.5. The number of ether oxygens (including phenoxy) is 1. The van der Waals surface area contributed by atoms with Gasteiger partial charge in [0, 0.05) is 31.7 Å². The van der Waals surface area contributed by atoms with E-state index in [1.807, 2.05) is 4.90 Å². The number of carbonyl (C=O) groups excluding carboxylic acids is 2. The molecule has 2 fully saturated rings. The molecule has 2 aliphatic rings. The van der Waals surface area contributed by atoms with Crippen molar-refractivity contribution < 1.29 is 14.3 Å². The molecule has 0 aromatic rings. The van der Waals surface area contributed by atoms with Gasteiger partial charge < -0.3 is 15.0 Å². The fourth-order valence-corrected chi connectivity index (χ4v) is 2.55. The van der Waals surface area contributed by atoms with Crippen LogP contribution >= 0.6 is 0 Å². The molecule has 5 nitrogen and oxygen atoms in total. The number of nitrogens with zero attached hydrogens (tertiary/aromatic N) is 1. The van der Waals surface area contributed by atoms with E-state index in [1.54, 1.807) is 6.92 Å². The van der Waals surface area contributed by atoms with Crippen LogP contribution in [0.4, 0.5) is 0 Å². The van der Waals surface area contributed by atoms with Crippen LogP contribution in [0.3, 0.4) is 0 Å². The third kappa shape index (κ3) is 2.44. The lowest BCUT2D eigenvalue weighted by Crippen LogP contribution is -2.55. The SMILES string of the molecule is CC1NC(=O)CCN(C2(C)CCOCC2)C1=O. The van der Waals surface area contributed by atoms with E-state index in [9.17, 15) is 9.59 Å². The summed E-state index contributed by atoms with van der Waals surface area (Å²) in [7, 11) is 0. The molecule has 1 N–H and O–H groups in total. The summed E-state index contributed by atoms with van der Waals surface area (Å²) in [5.74, 6) is -0.00994. The Morgan fingerprint density at radius 2 is 2.00 bits per heavy atom. The highest BCUT2D eigenvalue weighted by Gasteiger charge is 2.40. The van der Waals surface area contributed by atoms with Crippen molar-refractivity contribution in [1.29, 1.82) is 0 Å². The van der Waals surface area contributed by atoms with E-state index in [4.69, 9.17) is 4.74 Å². The Bertz CT molecular complexity index is 324. The van der Waals surface area contributed by atoms with Crippen LogP contribution in [0.2, 0.25) is 0 Å². The first kappa shape index (κ1) is 12.4. The number of hydrogen-bond acceptors (Lipinski definition) is 3. The summed E-state index contributed by atoms with van der Waals surface area (Å²) in [6.07, 6.45) is 2.09. The van der Waals surface area contributed by atoms with Gasteiger partial charge in [-0.1, -0.05) is 0 Å². The summed E-state index contributed by atoms with van der Waals surface area (Å²) in [4.78, 5) is 25.6. The van der Waals surface area contributed by atoms with Crippen LogP contribution < -0.4 is 5.32 Å². The topological polar surface area (TPSA) is 58.6 Å². The number of nitrogens with one attached hydrogen (secondary N) is 1. The van der Waals surface area contributed by atoms with E-state index >= 15 is 0 Å². The van der Waals surface area contributed by atoms with Gasteiger partial charge in [-0.3, -0.25) is 9.59 Å². The molecule has 0 aromatic heterocycles. The molecule has 0 saturated carbocycles. The van der Waals surface area contributed by atoms with Crippen molar-refractivity contribution in [3.8, 4) is 0 Å². The predicted octanol–water partition coefficient (Wildman–Crippen LogP) is 0.292. The quantitative estimate of drug-likeness (QED) is 0.717. The van der Waals surface area contributed by atoms with E-state index in [-0.39, 0.29) is 17.4 Å². The van der Waals surface area contributed by atoms with Crippen LogP contribution in [-0.2, 0) is 14.3 Å². The molecule has 0 spiro atoms. The average Bonchev–Trinajstić information content (AvgIpc) is 2.41. The second kappa shape index (κ2) is 4.64. The largest absolute Gasteiger partial charge is 0.381 e. The molecule has 2 saturated heterocycles. The van der Waals surface area contributed by atoms with Crippen LogP contribution in [0.15, 0.2) is 0 Å². The van der Waals surface area contributed by atoms with Gasteiger partial charge in [-0.25, -0.2) is 0 Å². The zero-order valence-electron chi connectivity index (χ0n) is 10.5. The number of hydrogen-bond donors (Lipinski definition) is 1. The van der Waals surface area contributed by atoms with Crippen molar-refractivity contribution in [2.24, 2.45) is 0 Å². The summed E-state index contributed by atoms with van der Waals surface area (Å²) < 4.78 is 5.35. The molecule has 0 radical (unpaired) electrons. The fraction of sp³-hybridized carbons (Fsp3) is 0.833. The standard InChI is InChI=1S/C12H20N2O3/c1-9-11(16)14(6-3-10(15)13-9)12(2)4-7-17-8-5-12/h9H,3-8H2,1-2H3,(H,13,15). The Morgan fingerprint density at radius 3 is 2.65 bits per heavy atom. The molecule has 0 aliphatic carbocycles. The van der Waals surface area contributed by atoms with Crippen molar-refractivity contribution >= 4 is 11.8 Å². The summed E-state index contributed by atoms with van der Waals surface area (Å²) in [6, 6.07) is -0.412. The van der Waals surface area contributed by atoms with E-state index in [0.29, 0.717) is 26.2 Å². The Balaban J connectivity index is 2.17. The summed E-state index contributed by atoms with van der Waals surface area (Å²) >= 11 is 0. The van der Waals surface area contributed by atoms with E-state index in [2.05, 4.69) is 12.2 Å². The highest BCUT2D eigenvalue weighted by Crippen LogP contribution is 2.29. The van der Waals surface area contributed by atoms with Gasteiger partial charge in [-0.15, -0.1) is 0 Å². The minimum atomic E-state index is -0.412. The van der Waals surface area contributed by atoms with E-state index in [0.717, 1.165) is 12.8 Å². The van der Waals surface area contributed by atoms with Gasteiger partial charge in [0.15, 0.2) is 0 Å². The Morgan fingerprint density at radius 1 is 1.35 bits per heavy atom. The molecule has 96 valence electrons. The van der Waals surface area contributed by atoms with Crippen LogP contribution in [0.1, 0.15) is 33.1 Å². The van der Waals surface area contributed by atoms with Gasteiger partial charge in [0.1, 0.15) is 6.04 Å². The minimum Gasteiger partial charge on any atom is -0.381 e. The molecule has 2 amide bonds. The van der Waals surface area contributed by atoms with E-state index in [1.165, 1.54) is 0 Å². The first-order valence-corrected chi connectivity index (χ1v) is 6.21. The van der Waals surface area contributed by atoms with Gasteiger partial charge in [-0.05, 0) is 26.7 Å². The average molecular weight is 240 g/mol. The first-order valence-electron chi connectivity index (χ1n) is 6.21. The van der Waals surface area contributed by atoms with Crippen molar-refractivity contribution in [3.05, 3.63) is 0 Å². The maximum Gasteiger partial charge on any atom is 0.245 e. The second-order valence-corrected chi connectivity index (χ2v) is 5.14. The highest BCUT2D eigenvalue weighted by molar-refractivity contribution is 5.90. The molecular formula is C12H20N2O3. The molecular weight excluding hydrogens is 220 g/mol. The molecule has 5 heteroatoms. The highest BCUT2D eigenvalue weighted by atomic mass is 16.5. The summed E-state index contributed by atoms with van der Waals surface area (Å²) in [5, 5.41) is 2.72. The lowest BCUT2D eigenvalue weighted by Gasteiger charge is -2.43. The van der Waals surface area contributed by atoms with Gasteiger partial charge >= 0.3 is 0 Å². The van der Waals surface area contributed by atoms with Crippen LogP contribution in [0.25, 0.3) is 0 Å². The first-order chi connectivity index (χ1) is 8.03. The van der Waals surface area contributed by atoms with Crippen molar-refractivity contribution in [3.63, 3.8) is 0 Å². The predicted molar refractivity (Wildman–Crippen MR) is 62.4 cm³/mol. The lowest BCUT2D eigenvalue weighted by molar-refractivity contribution is -0.142. The summed E-state index contributed by atoms with van der Waals surface area (Å²) in [6.45, 7) is 5.74. The number of rotatable bonds is 1. The molecule has 1 atom stereocenters. The third-order valence-corrected chi connectivity index (χ3v) is 3.80. The smallest absolute Gasteiger partial charge is 0.245 e. The molecule has 0 bridgehead atoms. The Hall–Kier alpha value is -1.10. The molecule has 2 aliphatic heterocycles. The third-order valence-electron chi connectivity index (χ3n) is 3.80. The zero-order valence-corrected chi connectivity index (χ0v) is 10.5. The van der Waals surface area contributed by atoms with Gasteiger partial charge in [0.25, 0.3) is 0 Å². The monoisotopic (exact) mass is 240 g/mol. The Kier molecular flexibility index (Phi) is 3.38. The van der Waals surface area contributed by atoms with Crippen molar-refractivity contribution in [2.45, 2.75) is 44.7 Å². The van der Waals surface area contributed by atoms with Crippen molar-refractivity contribution in [2.75, 3.05) is 19.8 Å². The lowest BCUT2D eigenvalue weighted by atomic mass is 9.89. The maximum absolute atomic E-state index is 12.3. The molecule has 2 rings (SSSR count). The van der Waals surface area contributed by atoms with Gasteiger partial charge in [0.2, 0.25) is 11.8 Å². The number of carbonyl (C=O) groups is 2. The molecule has 1 unspecified atom stereocenters.